The van der Waals surface area contributed by atoms with E-state index in [1.54, 1.807) is 6.92 Å². The van der Waals surface area contributed by atoms with Crippen molar-refractivity contribution in [2.75, 3.05) is 6.61 Å². The molecule has 0 saturated carbocycles. The molecule has 0 spiro atoms. The number of hydrogen-bond donors (Lipinski definition) is 1. The summed E-state index contributed by atoms with van der Waals surface area (Å²) in [6.45, 7) is 8.61. The van der Waals surface area contributed by atoms with E-state index >= 15 is 0 Å². The van der Waals surface area contributed by atoms with Gasteiger partial charge in [0.1, 0.15) is 6.10 Å². The van der Waals surface area contributed by atoms with Crippen LogP contribution in [0.3, 0.4) is 0 Å². The van der Waals surface area contributed by atoms with Crippen molar-refractivity contribution in [3.63, 3.8) is 0 Å². The molecule has 0 bridgehead atoms. The lowest BCUT2D eigenvalue weighted by Gasteiger charge is -2.17. The van der Waals surface area contributed by atoms with Crippen LogP contribution >= 0.6 is 22.9 Å². The van der Waals surface area contributed by atoms with Gasteiger partial charge in [-0.05, 0) is 38.3 Å². The van der Waals surface area contributed by atoms with Crippen molar-refractivity contribution in [3.8, 4) is 0 Å². The molecule has 5 heteroatoms. The maximum Gasteiger partial charge on any atom is 0.249 e. The van der Waals surface area contributed by atoms with E-state index in [-0.39, 0.29) is 11.9 Å². The number of nitrogens with one attached hydrogen (secondary N) is 1. The molecule has 0 aliphatic rings. The Labute approximate surface area is 124 Å². The highest BCUT2D eigenvalue weighted by Crippen LogP contribution is 2.26. The van der Waals surface area contributed by atoms with Crippen LogP contribution < -0.4 is 5.32 Å². The van der Waals surface area contributed by atoms with Gasteiger partial charge in [0, 0.05) is 11.5 Å². The molecule has 1 amide bonds. The Hall–Kier alpha value is -0.580. The first-order chi connectivity index (χ1) is 8.90. The van der Waals surface area contributed by atoms with E-state index in [1.807, 2.05) is 19.1 Å². The van der Waals surface area contributed by atoms with Gasteiger partial charge >= 0.3 is 0 Å². The van der Waals surface area contributed by atoms with Crippen LogP contribution in [0.1, 0.15) is 45.0 Å². The first-order valence-electron chi connectivity index (χ1n) is 6.57. The Morgan fingerprint density at radius 1 is 1.37 bits per heavy atom. The van der Waals surface area contributed by atoms with Crippen LogP contribution in [0.15, 0.2) is 12.1 Å². The van der Waals surface area contributed by atoms with Crippen molar-refractivity contribution in [3.05, 3.63) is 21.3 Å². The number of ether oxygens (including phenoxy) is 1. The maximum atomic E-state index is 11.9. The molecule has 108 valence electrons. The van der Waals surface area contributed by atoms with Crippen molar-refractivity contribution < 1.29 is 9.53 Å². The van der Waals surface area contributed by atoms with Gasteiger partial charge in [0.05, 0.1) is 10.4 Å². The lowest BCUT2D eigenvalue weighted by molar-refractivity contribution is -0.132. The predicted octanol–water partition coefficient (Wildman–Crippen LogP) is 4.03. The summed E-state index contributed by atoms with van der Waals surface area (Å²) in [5.41, 5.74) is 0. The summed E-state index contributed by atoms with van der Waals surface area (Å²) in [4.78, 5) is 13.0. The van der Waals surface area contributed by atoms with Crippen LogP contribution in [-0.2, 0) is 9.53 Å². The Morgan fingerprint density at radius 2 is 2.05 bits per heavy atom. The first kappa shape index (κ1) is 16.5. The van der Waals surface area contributed by atoms with Crippen LogP contribution in [0.5, 0.6) is 0 Å². The van der Waals surface area contributed by atoms with Gasteiger partial charge in [0.2, 0.25) is 5.91 Å². The van der Waals surface area contributed by atoms with E-state index in [0.717, 1.165) is 15.6 Å². The normalized spacial score (nSPS) is 14.4. The number of halogens is 1. The number of carbonyl (C=O) groups is 1. The number of rotatable bonds is 7. The molecule has 1 aromatic rings. The van der Waals surface area contributed by atoms with E-state index in [4.69, 9.17) is 16.3 Å². The Balaban J connectivity index is 2.37. The number of hydrogen-bond acceptors (Lipinski definition) is 3. The molecule has 0 aromatic carbocycles. The third-order valence-corrected chi connectivity index (χ3v) is 4.23. The minimum Gasteiger partial charge on any atom is -0.369 e. The van der Waals surface area contributed by atoms with Crippen LogP contribution in [0.25, 0.3) is 0 Å². The molecule has 3 nitrogen and oxygen atoms in total. The van der Waals surface area contributed by atoms with Crippen molar-refractivity contribution >= 4 is 28.8 Å². The Kier molecular flexibility index (Phi) is 6.83. The van der Waals surface area contributed by atoms with E-state index in [1.165, 1.54) is 11.3 Å². The first-order valence-corrected chi connectivity index (χ1v) is 7.76. The highest BCUT2D eigenvalue weighted by Gasteiger charge is 2.17. The SMILES string of the molecule is CC(C)CCO[C@@H](C)C(=O)N[C@H](C)c1ccc(Cl)s1. The van der Waals surface area contributed by atoms with E-state index < -0.39 is 6.10 Å². The Bertz CT molecular complexity index is 406. The summed E-state index contributed by atoms with van der Waals surface area (Å²) in [7, 11) is 0. The zero-order valence-electron chi connectivity index (χ0n) is 11.9. The van der Waals surface area contributed by atoms with Crippen molar-refractivity contribution in [1.29, 1.82) is 0 Å². The van der Waals surface area contributed by atoms with Gasteiger partial charge in [0.25, 0.3) is 0 Å². The summed E-state index contributed by atoms with van der Waals surface area (Å²) in [6, 6.07) is 3.73. The molecule has 0 unspecified atom stereocenters. The predicted molar refractivity (Wildman–Crippen MR) is 80.8 cm³/mol. The van der Waals surface area contributed by atoms with Crippen LogP contribution in [0, 0.1) is 5.92 Å². The molecule has 19 heavy (non-hydrogen) atoms. The summed E-state index contributed by atoms with van der Waals surface area (Å²) < 4.78 is 6.26. The highest BCUT2D eigenvalue weighted by molar-refractivity contribution is 7.16. The molecular weight excluding hydrogens is 282 g/mol. The van der Waals surface area contributed by atoms with Crippen molar-refractivity contribution in [2.45, 2.75) is 46.3 Å². The van der Waals surface area contributed by atoms with Crippen LogP contribution in [0.2, 0.25) is 4.34 Å². The lowest BCUT2D eigenvalue weighted by atomic mass is 10.1. The molecular formula is C14H22ClNO2S. The molecule has 1 N–H and O–H groups in total. The van der Waals surface area contributed by atoms with Gasteiger partial charge in [-0.3, -0.25) is 4.79 Å². The summed E-state index contributed by atoms with van der Waals surface area (Å²) in [5.74, 6) is 0.503. The van der Waals surface area contributed by atoms with E-state index in [2.05, 4.69) is 19.2 Å². The molecule has 1 rings (SSSR count). The van der Waals surface area contributed by atoms with Gasteiger partial charge in [-0.2, -0.15) is 0 Å². The monoisotopic (exact) mass is 303 g/mol. The molecule has 0 radical (unpaired) electrons. The smallest absolute Gasteiger partial charge is 0.249 e. The fraction of sp³-hybridized carbons (Fsp3) is 0.643. The van der Waals surface area contributed by atoms with E-state index in [9.17, 15) is 4.79 Å². The number of thiophene rings is 1. The summed E-state index contributed by atoms with van der Waals surface area (Å²) in [6.07, 6.45) is 0.546. The van der Waals surface area contributed by atoms with E-state index in [0.29, 0.717) is 12.5 Å². The number of carbonyl (C=O) groups excluding carboxylic acids is 1. The van der Waals surface area contributed by atoms with Crippen molar-refractivity contribution in [2.24, 2.45) is 5.92 Å². The van der Waals surface area contributed by atoms with Crippen LogP contribution in [-0.4, -0.2) is 18.6 Å². The second kappa shape index (κ2) is 7.88. The van der Waals surface area contributed by atoms with Crippen LogP contribution in [0.4, 0.5) is 0 Å². The molecule has 0 aliphatic carbocycles. The zero-order valence-corrected chi connectivity index (χ0v) is 13.5. The third kappa shape index (κ3) is 5.93. The Morgan fingerprint density at radius 3 is 2.58 bits per heavy atom. The lowest BCUT2D eigenvalue weighted by Crippen LogP contribution is -2.36. The average molecular weight is 304 g/mol. The molecule has 2 atom stereocenters. The molecule has 1 aromatic heterocycles. The topological polar surface area (TPSA) is 38.3 Å². The van der Waals surface area contributed by atoms with Crippen molar-refractivity contribution in [1.82, 2.24) is 5.32 Å². The second-order valence-electron chi connectivity index (χ2n) is 5.07. The minimum absolute atomic E-state index is 0.0406. The maximum absolute atomic E-state index is 11.9. The molecule has 0 saturated heterocycles. The quantitative estimate of drug-likeness (QED) is 0.826. The van der Waals surface area contributed by atoms with Gasteiger partial charge in [-0.1, -0.05) is 25.4 Å². The molecule has 0 fully saturated rings. The van der Waals surface area contributed by atoms with Gasteiger partial charge in [0.15, 0.2) is 0 Å². The standard InChI is InChI=1S/C14H22ClNO2S/c1-9(2)7-8-18-11(4)14(17)16-10(3)12-5-6-13(15)19-12/h5-6,9-11H,7-8H2,1-4H3,(H,16,17)/t10-,11+/m1/s1. The highest BCUT2D eigenvalue weighted by atomic mass is 35.5. The van der Waals surface area contributed by atoms with Gasteiger partial charge in [-0.15, -0.1) is 11.3 Å². The second-order valence-corrected chi connectivity index (χ2v) is 6.81. The third-order valence-electron chi connectivity index (χ3n) is 2.81. The minimum atomic E-state index is -0.420. The fourth-order valence-electron chi connectivity index (χ4n) is 1.52. The number of amides is 1. The average Bonchev–Trinajstić information content (AvgIpc) is 2.75. The molecule has 0 aliphatic heterocycles. The van der Waals surface area contributed by atoms with Gasteiger partial charge < -0.3 is 10.1 Å². The largest absolute Gasteiger partial charge is 0.369 e. The summed E-state index contributed by atoms with van der Waals surface area (Å²) in [5, 5.41) is 2.94. The van der Waals surface area contributed by atoms with Gasteiger partial charge in [-0.25, -0.2) is 0 Å². The summed E-state index contributed by atoms with van der Waals surface area (Å²) >= 11 is 7.36. The fourth-order valence-corrected chi connectivity index (χ4v) is 2.58. The zero-order chi connectivity index (χ0) is 14.4. The molecule has 1 heterocycles.